The van der Waals surface area contributed by atoms with Crippen LogP contribution in [0.2, 0.25) is 0 Å². The lowest BCUT2D eigenvalue weighted by Crippen LogP contribution is -2.09. The van der Waals surface area contributed by atoms with Crippen molar-refractivity contribution in [1.29, 1.82) is 0 Å². The van der Waals surface area contributed by atoms with Crippen LogP contribution in [-0.2, 0) is 0 Å². The van der Waals surface area contributed by atoms with E-state index in [4.69, 9.17) is 4.42 Å². The summed E-state index contributed by atoms with van der Waals surface area (Å²) in [7, 11) is 3.85. The Morgan fingerprint density at radius 1 is 0.938 bits per heavy atom. The molecule has 0 saturated heterocycles. The van der Waals surface area contributed by atoms with Crippen molar-refractivity contribution >= 4 is 28.6 Å². The largest absolute Gasteiger partial charge is 0.478 e. The number of rotatable bonds is 5. The second-order valence-corrected chi connectivity index (χ2v) is 7.58. The van der Waals surface area contributed by atoms with Crippen LogP contribution in [0.15, 0.2) is 64.0 Å². The number of hydrogen-bond acceptors (Lipinski definition) is 5. The minimum absolute atomic E-state index is 0.0840. The number of aromatic carboxylic acids is 2. The summed E-state index contributed by atoms with van der Waals surface area (Å²) in [6, 6.07) is 15.4. The first-order valence-electron chi connectivity index (χ1n) is 10.1. The fourth-order valence-corrected chi connectivity index (χ4v) is 3.79. The highest BCUT2D eigenvalue weighted by atomic mass is 16.4. The number of carboxylic acids is 2. The van der Waals surface area contributed by atoms with Crippen LogP contribution in [0.1, 0.15) is 27.6 Å². The molecule has 2 aromatic rings. The fourth-order valence-electron chi connectivity index (χ4n) is 3.79. The molecule has 0 unspecified atom stereocenters. The molecule has 32 heavy (non-hydrogen) atoms. The van der Waals surface area contributed by atoms with E-state index in [9.17, 15) is 19.8 Å². The van der Waals surface area contributed by atoms with Crippen LogP contribution in [0.5, 0.6) is 0 Å². The lowest BCUT2D eigenvalue weighted by atomic mass is 9.90. The van der Waals surface area contributed by atoms with E-state index in [1.807, 2.05) is 62.3 Å². The summed E-state index contributed by atoms with van der Waals surface area (Å²) in [5, 5.41) is 20.7. The summed E-state index contributed by atoms with van der Waals surface area (Å²) >= 11 is 0. The summed E-state index contributed by atoms with van der Waals surface area (Å²) in [6.07, 6.45) is 0. The first-order chi connectivity index (χ1) is 15.3. The van der Waals surface area contributed by atoms with Crippen LogP contribution in [-0.4, -0.2) is 42.8 Å². The number of benzene rings is 3. The molecule has 0 bridgehead atoms. The molecule has 1 heterocycles. The van der Waals surface area contributed by atoms with Gasteiger partial charge in [-0.3, -0.25) is 4.99 Å². The van der Waals surface area contributed by atoms with Crippen LogP contribution in [0.3, 0.4) is 0 Å². The zero-order valence-electron chi connectivity index (χ0n) is 17.9. The third-order valence-corrected chi connectivity index (χ3v) is 5.31. The van der Waals surface area contributed by atoms with Crippen molar-refractivity contribution < 1.29 is 24.2 Å². The predicted molar refractivity (Wildman–Crippen MR) is 123 cm³/mol. The van der Waals surface area contributed by atoms with E-state index in [-0.39, 0.29) is 11.1 Å². The van der Waals surface area contributed by atoms with Crippen molar-refractivity contribution in [1.82, 2.24) is 0 Å². The van der Waals surface area contributed by atoms with Gasteiger partial charge in [0.25, 0.3) is 0 Å². The molecule has 4 rings (SSSR count). The van der Waals surface area contributed by atoms with Gasteiger partial charge in [-0.2, -0.15) is 0 Å². The molecule has 0 radical (unpaired) electrons. The second-order valence-electron chi connectivity index (χ2n) is 7.58. The van der Waals surface area contributed by atoms with Crippen LogP contribution < -0.4 is 10.3 Å². The third-order valence-electron chi connectivity index (χ3n) is 5.31. The highest BCUT2D eigenvalue weighted by molar-refractivity contribution is 6.08. The van der Waals surface area contributed by atoms with Crippen LogP contribution in [0, 0.1) is 0 Å². The summed E-state index contributed by atoms with van der Waals surface area (Å²) in [4.78, 5) is 29.9. The predicted octanol–water partition coefficient (Wildman–Crippen LogP) is 4.59. The van der Waals surface area contributed by atoms with Crippen LogP contribution >= 0.6 is 0 Å². The van der Waals surface area contributed by atoms with Crippen molar-refractivity contribution in [3.05, 3.63) is 71.1 Å². The van der Waals surface area contributed by atoms with Gasteiger partial charge in [-0.15, -0.1) is 0 Å². The van der Waals surface area contributed by atoms with Crippen LogP contribution in [0.4, 0.5) is 5.69 Å². The van der Waals surface area contributed by atoms with Crippen molar-refractivity contribution in [3.8, 4) is 22.5 Å². The maximum atomic E-state index is 12.1. The molecule has 0 saturated carbocycles. The molecule has 1 aliphatic carbocycles. The zero-order valence-corrected chi connectivity index (χ0v) is 17.9. The molecular formula is C25H22N2O5. The first kappa shape index (κ1) is 21.1. The standard InChI is InChI=1S/C25H22N2O5/c1-4-26-15-6-9-18-21(12-15)32-22-13-16(27(2)3)7-10-19(22)23(18)17-8-5-14(24(28)29)11-20(17)25(30)31/h5-13H,4H2,1-3H3,(H,28,29)(H,30,31)/b26-15+. The Morgan fingerprint density at radius 2 is 1.69 bits per heavy atom. The Morgan fingerprint density at radius 3 is 2.34 bits per heavy atom. The number of nitrogens with zero attached hydrogens (tertiary/aromatic N) is 2. The van der Waals surface area contributed by atoms with Gasteiger partial charge in [0.05, 0.1) is 16.5 Å². The molecule has 0 spiro atoms. The minimum Gasteiger partial charge on any atom is -0.478 e. The summed E-state index contributed by atoms with van der Waals surface area (Å²) in [5.41, 5.74) is 3.16. The number of fused-ring (bicyclic) bond motifs is 2. The van der Waals surface area contributed by atoms with Gasteiger partial charge in [-0.1, -0.05) is 6.07 Å². The van der Waals surface area contributed by atoms with Gasteiger partial charge in [0, 0.05) is 55.0 Å². The van der Waals surface area contributed by atoms with Gasteiger partial charge in [0.15, 0.2) is 0 Å². The normalized spacial score (nSPS) is 11.8. The highest BCUT2D eigenvalue weighted by Crippen LogP contribution is 2.42. The van der Waals surface area contributed by atoms with Crippen molar-refractivity contribution in [3.63, 3.8) is 0 Å². The van der Waals surface area contributed by atoms with Crippen molar-refractivity contribution in [2.45, 2.75) is 6.92 Å². The number of hydrogen-bond donors (Lipinski definition) is 2. The van der Waals surface area contributed by atoms with E-state index in [1.54, 1.807) is 6.07 Å². The van der Waals surface area contributed by atoms with E-state index in [0.29, 0.717) is 29.0 Å². The summed E-state index contributed by atoms with van der Waals surface area (Å²) < 4.78 is 6.22. The molecule has 2 aromatic carbocycles. The molecule has 0 fully saturated rings. The Balaban J connectivity index is 2.14. The van der Waals surface area contributed by atoms with Gasteiger partial charge >= 0.3 is 11.9 Å². The lowest BCUT2D eigenvalue weighted by Gasteiger charge is -2.19. The van der Waals surface area contributed by atoms with Crippen LogP contribution in [0.25, 0.3) is 33.4 Å². The maximum absolute atomic E-state index is 12.1. The van der Waals surface area contributed by atoms with Gasteiger partial charge in [-0.25, -0.2) is 9.59 Å². The minimum atomic E-state index is -1.20. The first-order valence-corrected chi connectivity index (χ1v) is 10.1. The second kappa shape index (κ2) is 8.19. The van der Waals surface area contributed by atoms with Crippen molar-refractivity contribution in [2.24, 2.45) is 4.99 Å². The third kappa shape index (κ3) is 3.69. The average molecular weight is 430 g/mol. The summed E-state index contributed by atoms with van der Waals surface area (Å²) in [6.45, 7) is 2.57. The molecule has 0 amide bonds. The Kier molecular flexibility index (Phi) is 5.40. The number of anilines is 1. The fraction of sp³-hybridized carbons (Fsp3) is 0.160. The van der Waals surface area contributed by atoms with E-state index in [0.717, 1.165) is 22.0 Å². The number of carbonyl (C=O) groups is 2. The molecule has 2 aliphatic rings. The highest BCUT2D eigenvalue weighted by Gasteiger charge is 2.23. The Hall–Kier alpha value is -4.13. The number of carboxylic acid groups (broad SMARTS) is 2. The molecular weight excluding hydrogens is 408 g/mol. The topological polar surface area (TPSA) is 103 Å². The lowest BCUT2D eigenvalue weighted by molar-refractivity contribution is 0.0696. The molecule has 7 nitrogen and oxygen atoms in total. The monoisotopic (exact) mass is 430 g/mol. The quantitative estimate of drug-likeness (QED) is 0.449. The van der Waals surface area contributed by atoms with Gasteiger partial charge in [0.2, 0.25) is 0 Å². The maximum Gasteiger partial charge on any atom is 0.336 e. The van der Waals surface area contributed by atoms with Gasteiger partial charge in [0.1, 0.15) is 11.3 Å². The van der Waals surface area contributed by atoms with E-state index >= 15 is 0 Å². The molecule has 2 N–H and O–H groups in total. The Labute approximate surface area is 184 Å². The van der Waals surface area contributed by atoms with E-state index in [2.05, 4.69) is 4.99 Å². The van der Waals surface area contributed by atoms with E-state index in [1.165, 1.54) is 12.1 Å². The van der Waals surface area contributed by atoms with Crippen molar-refractivity contribution in [2.75, 3.05) is 25.5 Å². The molecule has 0 aromatic heterocycles. The SMILES string of the molecule is CC/N=c1\ccc2c(-c3ccc(C(=O)O)cc3C(=O)O)c3ccc(N(C)C)cc3oc-2c1. The molecule has 162 valence electrons. The van der Waals surface area contributed by atoms with Gasteiger partial charge < -0.3 is 19.5 Å². The Bertz CT molecular complexity index is 1400. The van der Waals surface area contributed by atoms with Gasteiger partial charge in [-0.05, 0) is 48.9 Å². The zero-order chi connectivity index (χ0) is 23.0. The van der Waals surface area contributed by atoms with E-state index < -0.39 is 11.9 Å². The molecule has 0 atom stereocenters. The molecule has 7 heteroatoms. The average Bonchev–Trinajstić information content (AvgIpc) is 2.76. The molecule has 1 aliphatic heterocycles. The summed E-state index contributed by atoms with van der Waals surface area (Å²) in [5.74, 6) is -1.82. The smallest absolute Gasteiger partial charge is 0.336 e.